The molecular formula is C13H28N2. The fraction of sp³-hybridized carbons (Fsp3) is 1.00. The van der Waals surface area contributed by atoms with Crippen molar-refractivity contribution < 1.29 is 0 Å². The van der Waals surface area contributed by atoms with Crippen LogP contribution in [0.5, 0.6) is 0 Å². The Hall–Kier alpha value is -0.0800. The second-order valence-corrected chi connectivity index (χ2v) is 5.10. The Labute approximate surface area is 95.4 Å². The lowest BCUT2D eigenvalue weighted by Gasteiger charge is -2.44. The zero-order chi connectivity index (χ0) is 11.3. The predicted octanol–water partition coefficient (Wildman–Crippen LogP) is 2.49. The molecule has 0 amide bonds. The fourth-order valence-electron chi connectivity index (χ4n) is 2.50. The molecule has 1 saturated carbocycles. The van der Waals surface area contributed by atoms with Gasteiger partial charge in [0.25, 0.3) is 0 Å². The molecule has 1 N–H and O–H groups in total. The van der Waals surface area contributed by atoms with Crippen LogP contribution < -0.4 is 5.32 Å². The molecule has 1 fully saturated rings. The summed E-state index contributed by atoms with van der Waals surface area (Å²) in [5.74, 6) is 0.902. The van der Waals surface area contributed by atoms with Crippen LogP contribution in [0, 0.1) is 5.92 Å². The van der Waals surface area contributed by atoms with Crippen molar-refractivity contribution in [3.05, 3.63) is 0 Å². The summed E-state index contributed by atoms with van der Waals surface area (Å²) in [6, 6.07) is 1.49. The van der Waals surface area contributed by atoms with E-state index in [2.05, 4.69) is 37.9 Å². The molecular weight excluding hydrogens is 184 g/mol. The Morgan fingerprint density at radius 2 is 2.00 bits per heavy atom. The molecule has 0 heterocycles. The Morgan fingerprint density at radius 1 is 1.27 bits per heavy atom. The molecule has 90 valence electrons. The Morgan fingerprint density at radius 3 is 2.40 bits per heavy atom. The molecule has 0 saturated heterocycles. The van der Waals surface area contributed by atoms with E-state index in [1.807, 2.05) is 0 Å². The van der Waals surface area contributed by atoms with Crippen molar-refractivity contribution in [3.8, 4) is 0 Å². The Balaban J connectivity index is 2.29. The lowest BCUT2D eigenvalue weighted by Crippen LogP contribution is -2.51. The van der Waals surface area contributed by atoms with E-state index < -0.39 is 0 Å². The van der Waals surface area contributed by atoms with E-state index in [9.17, 15) is 0 Å². The van der Waals surface area contributed by atoms with Crippen molar-refractivity contribution in [1.29, 1.82) is 0 Å². The van der Waals surface area contributed by atoms with Crippen LogP contribution >= 0.6 is 0 Å². The van der Waals surface area contributed by atoms with Crippen LogP contribution in [0.1, 0.15) is 47.0 Å². The quantitative estimate of drug-likeness (QED) is 0.697. The first kappa shape index (κ1) is 13.0. The molecule has 1 aliphatic rings. The van der Waals surface area contributed by atoms with Gasteiger partial charge >= 0.3 is 0 Å². The first-order chi connectivity index (χ1) is 7.19. The summed E-state index contributed by atoms with van der Waals surface area (Å²) in [5, 5.41) is 3.57. The number of hydrogen-bond acceptors (Lipinski definition) is 2. The molecule has 2 unspecified atom stereocenters. The minimum atomic E-state index is 0.632. The van der Waals surface area contributed by atoms with Gasteiger partial charge in [0.1, 0.15) is 0 Å². The third-order valence-electron chi connectivity index (χ3n) is 3.55. The van der Waals surface area contributed by atoms with Crippen molar-refractivity contribution >= 4 is 0 Å². The smallest absolute Gasteiger partial charge is 0.0136 e. The van der Waals surface area contributed by atoms with E-state index >= 15 is 0 Å². The van der Waals surface area contributed by atoms with Crippen molar-refractivity contribution in [2.75, 3.05) is 19.6 Å². The maximum atomic E-state index is 3.57. The maximum absolute atomic E-state index is 3.57. The molecule has 0 bridgehead atoms. The monoisotopic (exact) mass is 212 g/mol. The van der Waals surface area contributed by atoms with Crippen LogP contribution in [0.15, 0.2) is 0 Å². The van der Waals surface area contributed by atoms with Crippen LogP contribution in [0.4, 0.5) is 0 Å². The van der Waals surface area contributed by atoms with Gasteiger partial charge in [0.15, 0.2) is 0 Å². The molecule has 2 atom stereocenters. The molecule has 0 radical (unpaired) electrons. The van der Waals surface area contributed by atoms with Gasteiger partial charge in [-0.3, -0.25) is 0 Å². The average Bonchev–Trinajstić information content (AvgIpc) is 2.15. The highest BCUT2D eigenvalue weighted by atomic mass is 15.2. The largest absolute Gasteiger partial charge is 0.314 e. The first-order valence-corrected chi connectivity index (χ1v) is 6.66. The molecule has 1 rings (SSSR count). The van der Waals surface area contributed by atoms with E-state index in [1.165, 1.54) is 38.9 Å². The number of nitrogens with zero attached hydrogens (tertiary/aromatic N) is 1. The van der Waals surface area contributed by atoms with Crippen molar-refractivity contribution in [2.45, 2.75) is 59.0 Å². The zero-order valence-electron chi connectivity index (χ0n) is 10.9. The van der Waals surface area contributed by atoms with E-state index in [0.29, 0.717) is 6.04 Å². The molecule has 0 spiro atoms. The summed E-state index contributed by atoms with van der Waals surface area (Å²) in [6.45, 7) is 12.7. The van der Waals surface area contributed by atoms with Gasteiger partial charge < -0.3 is 10.2 Å². The number of hydrogen-bond donors (Lipinski definition) is 1. The summed E-state index contributed by atoms with van der Waals surface area (Å²) in [4.78, 5) is 2.66. The minimum Gasteiger partial charge on any atom is -0.314 e. The first-order valence-electron chi connectivity index (χ1n) is 6.66. The third kappa shape index (κ3) is 3.76. The standard InChI is InChI=1S/C13H28N2/c1-5-9-15(6-2)13-8-7-12(13)10-14-11(3)4/h11-14H,5-10H2,1-4H3. The van der Waals surface area contributed by atoms with E-state index in [-0.39, 0.29) is 0 Å². The Bertz CT molecular complexity index is 168. The molecule has 0 aliphatic heterocycles. The molecule has 15 heavy (non-hydrogen) atoms. The lowest BCUT2D eigenvalue weighted by atomic mass is 9.78. The Kier molecular flexibility index (Phi) is 5.62. The maximum Gasteiger partial charge on any atom is 0.0136 e. The summed E-state index contributed by atoms with van der Waals surface area (Å²) < 4.78 is 0. The molecule has 2 heteroatoms. The van der Waals surface area contributed by atoms with Gasteiger partial charge in [-0.25, -0.2) is 0 Å². The summed E-state index contributed by atoms with van der Waals surface area (Å²) >= 11 is 0. The second kappa shape index (κ2) is 6.49. The third-order valence-corrected chi connectivity index (χ3v) is 3.55. The van der Waals surface area contributed by atoms with Crippen molar-refractivity contribution in [3.63, 3.8) is 0 Å². The van der Waals surface area contributed by atoms with Gasteiger partial charge in [0, 0.05) is 12.1 Å². The molecule has 1 aliphatic carbocycles. The van der Waals surface area contributed by atoms with Gasteiger partial charge in [-0.1, -0.05) is 27.7 Å². The van der Waals surface area contributed by atoms with Gasteiger partial charge in [-0.15, -0.1) is 0 Å². The number of nitrogens with one attached hydrogen (secondary N) is 1. The zero-order valence-corrected chi connectivity index (χ0v) is 10.9. The van der Waals surface area contributed by atoms with Gasteiger partial charge in [-0.05, 0) is 44.8 Å². The van der Waals surface area contributed by atoms with Crippen LogP contribution in [0.25, 0.3) is 0 Å². The molecule has 2 nitrogen and oxygen atoms in total. The summed E-state index contributed by atoms with van der Waals surface area (Å²) in [6.07, 6.45) is 4.12. The average molecular weight is 212 g/mol. The number of rotatable bonds is 7. The predicted molar refractivity (Wildman–Crippen MR) is 67.2 cm³/mol. The van der Waals surface area contributed by atoms with Crippen LogP contribution in [-0.2, 0) is 0 Å². The normalized spacial score (nSPS) is 26.0. The molecule has 0 aromatic heterocycles. The van der Waals surface area contributed by atoms with Gasteiger partial charge in [-0.2, -0.15) is 0 Å². The molecule has 0 aromatic carbocycles. The van der Waals surface area contributed by atoms with Gasteiger partial charge in [0.05, 0.1) is 0 Å². The lowest BCUT2D eigenvalue weighted by molar-refractivity contribution is 0.0650. The second-order valence-electron chi connectivity index (χ2n) is 5.10. The summed E-state index contributed by atoms with van der Waals surface area (Å²) in [7, 11) is 0. The highest BCUT2D eigenvalue weighted by molar-refractivity contribution is 4.89. The minimum absolute atomic E-state index is 0.632. The highest BCUT2D eigenvalue weighted by Gasteiger charge is 2.33. The van der Waals surface area contributed by atoms with Crippen LogP contribution in [0.2, 0.25) is 0 Å². The SMILES string of the molecule is CCCN(CC)C1CCC1CNC(C)C. The topological polar surface area (TPSA) is 15.3 Å². The van der Waals surface area contributed by atoms with Crippen LogP contribution in [0.3, 0.4) is 0 Å². The van der Waals surface area contributed by atoms with Crippen molar-refractivity contribution in [2.24, 2.45) is 5.92 Å². The summed E-state index contributed by atoms with van der Waals surface area (Å²) in [5.41, 5.74) is 0. The highest BCUT2D eigenvalue weighted by Crippen LogP contribution is 2.31. The fourth-order valence-corrected chi connectivity index (χ4v) is 2.50. The van der Waals surface area contributed by atoms with Gasteiger partial charge in [0.2, 0.25) is 0 Å². The van der Waals surface area contributed by atoms with E-state index in [4.69, 9.17) is 0 Å². The molecule has 0 aromatic rings. The van der Waals surface area contributed by atoms with E-state index in [0.717, 1.165) is 12.0 Å². The van der Waals surface area contributed by atoms with Crippen LogP contribution in [-0.4, -0.2) is 36.6 Å². The van der Waals surface area contributed by atoms with E-state index in [1.54, 1.807) is 0 Å². The van der Waals surface area contributed by atoms with Crippen molar-refractivity contribution in [1.82, 2.24) is 10.2 Å².